The molecule has 16 heteroatoms. The number of furan rings is 1. The topological polar surface area (TPSA) is 160 Å². The standard InChI is InChI=1S/C31H31F3N2O4.C28H32N2O5/c1-35(25(38)11-6-18-4-8-21(9-5-18)31(32,33)34)22-12-13-30(39)24-16-20-7-10-23(37)27-26(20)29(30,28(22)40-27)14-15-36(24)17-19-2-3-19;1-29(23(32)7-4-18-9-13-34-16-18)20-8-10-28(33)22-14-19-5-6-21(31)25-24(19)27(28,26(20)35-25)11-12-30(22)15-17-2-3-17/h4-5,7-10,19,22,24,28,37,39H,2-3,12-17H2,1H3;4-7,9,13,16-17,20,22,26,31,33H,2-3,8,10-12,14-15H2,1H3/b;7-4+/t22?,24-,28?,29+,30?;20-,22-,26+,27+,28-/m11/s1. The number of hydrogen-bond acceptors (Lipinski definition) is 11. The first-order valence-corrected chi connectivity index (χ1v) is 26.8. The van der Waals surface area contributed by atoms with Crippen LogP contribution in [0.15, 0.2) is 77.6 Å². The monoisotopic (exact) mass is 1030 g/mol. The number of carbonyl (C=O) groups is 2. The maximum atomic E-state index is 13.3. The minimum absolute atomic E-state index is 0.0360. The number of hydrogen-bond donors (Lipinski definition) is 4. The zero-order valence-electron chi connectivity index (χ0n) is 42.2. The number of alkyl halides is 3. The van der Waals surface area contributed by atoms with Crippen molar-refractivity contribution in [2.24, 2.45) is 11.8 Å². The number of aliphatic hydroxyl groups is 2. The summed E-state index contributed by atoms with van der Waals surface area (Å²) in [5.74, 6) is 7.22. The number of phenols is 2. The van der Waals surface area contributed by atoms with Gasteiger partial charge in [0.05, 0.1) is 52.2 Å². The Morgan fingerprint density at radius 1 is 0.720 bits per heavy atom. The number of halogens is 3. The van der Waals surface area contributed by atoms with Crippen LogP contribution >= 0.6 is 0 Å². The van der Waals surface area contributed by atoms with E-state index in [-0.39, 0.29) is 35.5 Å². The van der Waals surface area contributed by atoms with Gasteiger partial charge in [0, 0.05) is 73.5 Å². The normalized spacial score (nSPS) is 33.4. The second kappa shape index (κ2) is 17.3. The van der Waals surface area contributed by atoms with E-state index in [9.17, 15) is 43.2 Å². The maximum absolute atomic E-state index is 13.3. The fourth-order valence-electron chi connectivity index (χ4n) is 15.6. The van der Waals surface area contributed by atoms with E-state index in [2.05, 4.69) is 21.6 Å². The van der Waals surface area contributed by atoms with Crippen molar-refractivity contribution in [3.63, 3.8) is 0 Å². The first-order chi connectivity index (χ1) is 35.9. The van der Waals surface area contributed by atoms with E-state index < -0.39 is 57.9 Å². The number of amides is 2. The summed E-state index contributed by atoms with van der Waals surface area (Å²) in [4.78, 5) is 34.7. The van der Waals surface area contributed by atoms with Gasteiger partial charge in [-0.05, 0) is 162 Å². The molecule has 6 fully saturated rings. The molecule has 2 spiro atoms. The van der Waals surface area contributed by atoms with E-state index in [4.69, 9.17) is 13.9 Å². The van der Waals surface area contributed by atoms with Crippen LogP contribution < -0.4 is 9.47 Å². The average Bonchev–Trinajstić information content (AvgIpc) is 4.36. The van der Waals surface area contributed by atoms with Crippen molar-refractivity contribution >= 4 is 17.9 Å². The average molecular weight is 1030 g/mol. The number of benzene rings is 3. The fourth-order valence-corrected chi connectivity index (χ4v) is 15.6. The highest BCUT2D eigenvalue weighted by molar-refractivity contribution is 5.94. The van der Waals surface area contributed by atoms with Gasteiger partial charge in [-0.25, -0.2) is 0 Å². The van der Waals surface area contributed by atoms with Gasteiger partial charge >= 0.3 is 6.18 Å². The molecule has 4 bridgehead atoms. The molecule has 5 heterocycles. The van der Waals surface area contributed by atoms with Crippen LogP contribution in [0.5, 0.6) is 23.0 Å². The van der Waals surface area contributed by atoms with Crippen molar-refractivity contribution in [2.45, 2.75) is 142 Å². The Hall–Kier alpha value is -5.99. The molecule has 3 aromatic carbocycles. The van der Waals surface area contributed by atoms with Crippen molar-refractivity contribution in [3.05, 3.63) is 112 Å². The molecule has 6 aliphatic carbocycles. The predicted octanol–water partition coefficient (Wildman–Crippen LogP) is 6.94. The SMILES string of the molecule is CN(C(=O)/C=C/c1ccoc1)[C@@H]1CC[C@@]2(O)[C@H]3Cc4ccc(O)c5c4[C@@]2(CCN3CC2CC2)[C@H]1O5.CN(C(=O)C#Cc1ccc(C(F)(F)F)cc1)C1CCC2(O)[C@H]3Cc4ccc(O)c5c4[C@@]2(CCN3CC2CC2)C1O5. The summed E-state index contributed by atoms with van der Waals surface area (Å²) in [7, 11) is 3.48. The Labute approximate surface area is 433 Å². The van der Waals surface area contributed by atoms with Gasteiger partial charge in [-0.3, -0.25) is 19.4 Å². The molecular weight excluding hydrogens is 966 g/mol. The van der Waals surface area contributed by atoms with Gasteiger partial charge < -0.3 is 44.1 Å². The molecule has 10 aliphatic rings. The number of nitrogens with zero attached hydrogens (tertiary/aromatic N) is 4. The molecule has 0 radical (unpaired) electrons. The minimum atomic E-state index is -4.44. The third kappa shape index (κ3) is 7.33. The van der Waals surface area contributed by atoms with Gasteiger partial charge in [0.2, 0.25) is 5.91 Å². The lowest BCUT2D eigenvalue weighted by atomic mass is 9.48. The molecule has 3 unspecified atom stereocenters. The Bertz CT molecular complexity index is 3060. The molecule has 10 atom stereocenters. The first-order valence-electron chi connectivity index (χ1n) is 26.8. The zero-order chi connectivity index (χ0) is 52.0. The van der Waals surface area contributed by atoms with Crippen LogP contribution in [0.2, 0.25) is 0 Å². The van der Waals surface area contributed by atoms with E-state index in [1.54, 1.807) is 53.7 Å². The molecule has 1 aromatic heterocycles. The Morgan fingerprint density at radius 3 is 1.72 bits per heavy atom. The Morgan fingerprint density at radius 2 is 1.24 bits per heavy atom. The third-order valence-corrected chi connectivity index (χ3v) is 19.6. The van der Waals surface area contributed by atoms with Gasteiger partial charge in [0.25, 0.3) is 5.91 Å². The molecule has 4 saturated carbocycles. The Balaban J connectivity index is 0.000000145. The summed E-state index contributed by atoms with van der Waals surface area (Å²) in [6.45, 7) is 3.75. The molecule has 394 valence electrons. The highest BCUT2D eigenvalue weighted by Gasteiger charge is 2.75. The highest BCUT2D eigenvalue weighted by Crippen LogP contribution is 2.68. The predicted molar refractivity (Wildman–Crippen MR) is 269 cm³/mol. The van der Waals surface area contributed by atoms with Crippen molar-refractivity contribution < 1.29 is 57.1 Å². The lowest BCUT2D eigenvalue weighted by Gasteiger charge is -2.64. The van der Waals surface area contributed by atoms with Crippen LogP contribution in [0.1, 0.15) is 103 Å². The smallest absolute Gasteiger partial charge is 0.416 e. The zero-order valence-corrected chi connectivity index (χ0v) is 42.2. The van der Waals surface area contributed by atoms with E-state index >= 15 is 0 Å². The van der Waals surface area contributed by atoms with Crippen LogP contribution in [0.3, 0.4) is 0 Å². The summed E-state index contributed by atoms with van der Waals surface area (Å²) in [5, 5.41) is 46.7. The molecule has 4 aliphatic heterocycles. The molecule has 75 heavy (non-hydrogen) atoms. The summed E-state index contributed by atoms with van der Waals surface area (Å²) in [6.07, 6.45) is 11.3. The second-order valence-electron chi connectivity index (χ2n) is 23.4. The lowest BCUT2D eigenvalue weighted by Crippen LogP contribution is -2.78. The van der Waals surface area contributed by atoms with Crippen LogP contribution in [0.25, 0.3) is 6.08 Å². The van der Waals surface area contributed by atoms with Gasteiger partial charge in [-0.2, -0.15) is 13.2 Å². The molecule has 2 saturated heterocycles. The van der Waals surface area contributed by atoms with Crippen molar-refractivity contribution in [2.75, 3.05) is 40.3 Å². The van der Waals surface area contributed by atoms with Crippen LogP contribution in [-0.2, 0) is 39.4 Å². The van der Waals surface area contributed by atoms with Crippen molar-refractivity contribution in [1.29, 1.82) is 0 Å². The summed E-state index contributed by atoms with van der Waals surface area (Å²) in [5.41, 5.74) is 1.15. The Kier molecular flexibility index (Phi) is 11.2. The van der Waals surface area contributed by atoms with Crippen molar-refractivity contribution in [3.8, 4) is 34.8 Å². The number of aromatic hydroxyl groups is 2. The minimum Gasteiger partial charge on any atom is -0.504 e. The number of rotatable bonds is 8. The summed E-state index contributed by atoms with van der Waals surface area (Å²) in [6, 6.07) is 12.9. The molecule has 2 amide bonds. The van der Waals surface area contributed by atoms with Gasteiger partial charge in [0.1, 0.15) is 12.2 Å². The van der Waals surface area contributed by atoms with E-state index in [1.165, 1.54) is 43.4 Å². The largest absolute Gasteiger partial charge is 0.504 e. The maximum Gasteiger partial charge on any atom is 0.416 e. The van der Waals surface area contributed by atoms with E-state index in [0.717, 1.165) is 79.3 Å². The van der Waals surface area contributed by atoms with E-state index in [0.29, 0.717) is 61.5 Å². The fraction of sp³-hybridized carbons (Fsp3) is 0.525. The lowest BCUT2D eigenvalue weighted by molar-refractivity contribution is -0.200. The quantitative estimate of drug-likeness (QED) is 0.107. The number of carbonyl (C=O) groups excluding carboxylic acids is 2. The molecule has 4 N–H and O–H groups in total. The summed E-state index contributed by atoms with van der Waals surface area (Å²) < 4.78 is 56.8. The number of likely N-dealkylation sites (N-methyl/N-ethyl adjacent to an activating group) is 2. The van der Waals surface area contributed by atoms with Crippen LogP contribution in [-0.4, -0.2) is 140 Å². The van der Waals surface area contributed by atoms with Gasteiger partial charge in [-0.1, -0.05) is 18.1 Å². The van der Waals surface area contributed by atoms with Gasteiger partial charge in [-0.15, -0.1) is 0 Å². The highest BCUT2D eigenvalue weighted by atomic mass is 19.4. The molecule has 13 nitrogen and oxygen atoms in total. The number of phenolic OH excluding ortho intramolecular Hbond substituents is 2. The first kappa shape index (κ1) is 48.6. The molecule has 4 aromatic rings. The third-order valence-electron chi connectivity index (χ3n) is 19.6. The summed E-state index contributed by atoms with van der Waals surface area (Å²) >= 11 is 0. The van der Waals surface area contributed by atoms with Gasteiger partial charge in [0.15, 0.2) is 23.0 Å². The molecule has 14 rings (SSSR count). The van der Waals surface area contributed by atoms with Crippen LogP contribution in [0.4, 0.5) is 13.2 Å². The number of ether oxygens (including phenoxy) is 2. The van der Waals surface area contributed by atoms with E-state index in [1.807, 2.05) is 25.2 Å². The number of piperidine rings is 2. The second-order valence-corrected chi connectivity index (χ2v) is 23.4. The van der Waals surface area contributed by atoms with Crippen molar-refractivity contribution in [1.82, 2.24) is 19.6 Å². The molecular formula is C59H63F3N4O9. The number of likely N-dealkylation sites (tertiary alicyclic amines) is 2. The van der Waals surface area contributed by atoms with Crippen LogP contribution in [0, 0.1) is 23.7 Å².